The van der Waals surface area contributed by atoms with E-state index in [4.69, 9.17) is 5.73 Å². The molecule has 0 spiro atoms. The molecule has 2 aliphatic rings. The molecule has 0 saturated heterocycles. The summed E-state index contributed by atoms with van der Waals surface area (Å²) in [4.78, 5) is 0. The molecule has 18 heavy (non-hydrogen) atoms. The second kappa shape index (κ2) is 7.75. The molecule has 0 bridgehead atoms. The Bertz CT molecular complexity index is 283. The Morgan fingerprint density at radius 3 is 2.78 bits per heavy atom. The second-order valence-corrected chi connectivity index (χ2v) is 5.77. The smallest absolute Gasteiger partial charge is 0.0142 e. The highest BCUT2D eigenvalue weighted by Gasteiger charge is 2.21. The maximum atomic E-state index is 5.77. The second-order valence-electron chi connectivity index (χ2n) is 5.77. The van der Waals surface area contributed by atoms with Crippen LogP contribution in [0.1, 0.15) is 44.9 Å². The minimum Gasteiger partial charge on any atom is -0.330 e. The molecule has 0 aromatic carbocycles. The average Bonchev–Trinajstić information content (AvgIpc) is 2.45. The predicted octanol–water partition coefficient (Wildman–Crippen LogP) is 3.01. The Balaban J connectivity index is 1.79. The molecule has 0 radical (unpaired) electrons. The molecule has 0 amide bonds. The molecule has 0 aromatic rings. The maximum Gasteiger partial charge on any atom is 0.0142 e. The summed E-state index contributed by atoms with van der Waals surface area (Å²) in [6, 6.07) is 0.595. The van der Waals surface area contributed by atoms with Gasteiger partial charge in [0.2, 0.25) is 0 Å². The normalized spacial score (nSPS) is 29.4. The zero-order valence-corrected chi connectivity index (χ0v) is 11.5. The standard InChI is InChI=1S/C16H28N2/c17-12-11-16(15-9-5-2-6-10-15)18-13-14-7-3-1-4-8-14/h1,3,5,9,14-16,18H,2,4,6-8,10-13,17H2. The van der Waals surface area contributed by atoms with Crippen molar-refractivity contribution in [1.29, 1.82) is 0 Å². The van der Waals surface area contributed by atoms with Gasteiger partial charge in [-0.2, -0.15) is 0 Å². The first-order chi connectivity index (χ1) is 8.90. The van der Waals surface area contributed by atoms with Crippen LogP contribution in [0.25, 0.3) is 0 Å². The van der Waals surface area contributed by atoms with Gasteiger partial charge in [-0.05, 0) is 69.9 Å². The van der Waals surface area contributed by atoms with Crippen LogP contribution in [0.3, 0.4) is 0 Å². The lowest BCUT2D eigenvalue weighted by Gasteiger charge is -2.30. The summed E-state index contributed by atoms with van der Waals surface area (Å²) in [7, 11) is 0. The summed E-state index contributed by atoms with van der Waals surface area (Å²) in [5.41, 5.74) is 5.77. The fourth-order valence-corrected chi connectivity index (χ4v) is 3.18. The van der Waals surface area contributed by atoms with Gasteiger partial charge in [-0.15, -0.1) is 0 Å². The molecule has 3 unspecified atom stereocenters. The SMILES string of the molecule is NCCC(NCC1CC=CCC1)C1C=CCCC1. The maximum absolute atomic E-state index is 5.77. The highest BCUT2D eigenvalue weighted by atomic mass is 14.9. The lowest BCUT2D eigenvalue weighted by atomic mass is 9.86. The summed E-state index contributed by atoms with van der Waals surface area (Å²) < 4.78 is 0. The van der Waals surface area contributed by atoms with Crippen molar-refractivity contribution in [2.45, 2.75) is 51.0 Å². The monoisotopic (exact) mass is 248 g/mol. The van der Waals surface area contributed by atoms with Gasteiger partial charge in [0.15, 0.2) is 0 Å². The van der Waals surface area contributed by atoms with Crippen molar-refractivity contribution in [3.8, 4) is 0 Å². The van der Waals surface area contributed by atoms with E-state index in [1.54, 1.807) is 0 Å². The Morgan fingerprint density at radius 1 is 1.17 bits per heavy atom. The van der Waals surface area contributed by atoms with Crippen molar-refractivity contribution in [2.75, 3.05) is 13.1 Å². The van der Waals surface area contributed by atoms with Gasteiger partial charge in [0.25, 0.3) is 0 Å². The number of hydrogen-bond acceptors (Lipinski definition) is 2. The number of rotatable bonds is 6. The van der Waals surface area contributed by atoms with Gasteiger partial charge < -0.3 is 11.1 Å². The first-order valence-electron chi connectivity index (χ1n) is 7.65. The van der Waals surface area contributed by atoms with Crippen LogP contribution < -0.4 is 11.1 Å². The van der Waals surface area contributed by atoms with Crippen molar-refractivity contribution in [3.05, 3.63) is 24.3 Å². The van der Waals surface area contributed by atoms with Crippen molar-refractivity contribution >= 4 is 0 Å². The molecule has 102 valence electrons. The largest absolute Gasteiger partial charge is 0.330 e. The number of nitrogens with two attached hydrogens (primary N) is 1. The molecule has 0 fully saturated rings. The van der Waals surface area contributed by atoms with Gasteiger partial charge >= 0.3 is 0 Å². The molecule has 0 aromatic heterocycles. The third kappa shape index (κ3) is 4.25. The van der Waals surface area contributed by atoms with Crippen LogP contribution in [0.15, 0.2) is 24.3 Å². The van der Waals surface area contributed by atoms with Crippen LogP contribution >= 0.6 is 0 Å². The minimum atomic E-state index is 0.595. The minimum absolute atomic E-state index is 0.595. The fourth-order valence-electron chi connectivity index (χ4n) is 3.18. The van der Waals surface area contributed by atoms with Crippen LogP contribution in [0, 0.1) is 11.8 Å². The molecular formula is C16H28N2. The lowest BCUT2D eigenvalue weighted by molar-refractivity contribution is 0.325. The predicted molar refractivity (Wildman–Crippen MR) is 78.4 cm³/mol. The molecule has 2 rings (SSSR count). The molecule has 2 nitrogen and oxygen atoms in total. The van der Waals surface area contributed by atoms with Gasteiger partial charge in [-0.3, -0.25) is 0 Å². The van der Waals surface area contributed by atoms with Gasteiger partial charge in [0.1, 0.15) is 0 Å². The first-order valence-corrected chi connectivity index (χ1v) is 7.65. The topological polar surface area (TPSA) is 38.0 Å². The molecule has 3 atom stereocenters. The van der Waals surface area contributed by atoms with E-state index in [0.717, 1.165) is 18.9 Å². The van der Waals surface area contributed by atoms with Gasteiger partial charge in [-0.1, -0.05) is 24.3 Å². The van der Waals surface area contributed by atoms with E-state index >= 15 is 0 Å². The molecule has 2 aliphatic carbocycles. The molecule has 3 N–H and O–H groups in total. The Labute approximate surface area is 112 Å². The van der Waals surface area contributed by atoms with Crippen molar-refractivity contribution in [2.24, 2.45) is 17.6 Å². The van der Waals surface area contributed by atoms with E-state index in [1.165, 1.54) is 45.1 Å². The van der Waals surface area contributed by atoms with Crippen molar-refractivity contribution in [3.63, 3.8) is 0 Å². The molecule has 0 heterocycles. The summed E-state index contributed by atoms with van der Waals surface area (Å²) in [6.07, 6.45) is 18.3. The number of nitrogens with one attached hydrogen (secondary N) is 1. The summed E-state index contributed by atoms with van der Waals surface area (Å²) >= 11 is 0. The molecular weight excluding hydrogens is 220 g/mol. The molecule has 2 heteroatoms. The Hall–Kier alpha value is -0.600. The summed E-state index contributed by atoms with van der Waals surface area (Å²) in [5.74, 6) is 1.55. The van der Waals surface area contributed by atoms with Crippen LogP contribution in [0.5, 0.6) is 0 Å². The summed E-state index contributed by atoms with van der Waals surface area (Å²) in [6.45, 7) is 1.96. The van der Waals surface area contributed by atoms with E-state index in [-0.39, 0.29) is 0 Å². The van der Waals surface area contributed by atoms with Crippen LogP contribution in [0.2, 0.25) is 0 Å². The zero-order chi connectivity index (χ0) is 12.6. The van der Waals surface area contributed by atoms with E-state index in [1.807, 2.05) is 0 Å². The highest BCUT2D eigenvalue weighted by Crippen LogP contribution is 2.23. The van der Waals surface area contributed by atoms with Crippen LogP contribution in [-0.2, 0) is 0 Å². The third-order valence-electron chi connectivity index (χ3n) is 4.33. The highest BCUT2D eigenvalue weighted by molar-refractivity contribution is 4.99. The van der Waals surface area contributed by atoms with Gasteiger partial charge in [-0.25, -0.2) is 0 Å². The van der Waals surface area contributed by atoms with Gasteiger partial charge in [0.05, 0.1) is 0 Å². The van der Waals surface area contributed by atoms with Crippen molar-refractivity contribution < 1.29 is 0 Å². The quantitative estimate of drug-likeness (QED) is 0.709. The Morgan fingerprint density at radius 2 is 2.11 bits per heavy atom. The van der Waals surface area contributed by atoms with E-state index in [2.05, 4.69) is 29.6 Å². The number of hydrogen-bond donors (Lipinski definition) is 2. The van der Waals surface area contributed by atoms with Crippen LogP contribution in [0.4, 0.5) is 0 Å². The average molecular weight is 248 g/mol. The first kappa shape index (κ1) is 13.8. The van der Waals surface area contributed by atoms with Crippen molar-refractivity contribution in [1.82, 2.24) is 5.32 Å². The van der Waals surface area contributed by atoms with E-state index in [0.29, 0.717) is 12.0 Å². The molecule has 0 saturated carbocycles. The zero-order valence-electron chi connectivity index (χ0n) is 11.5. The number of allylic oxidation sites excluding steroid dienone is 3. The molecule has 0 aliphatic heterocycles. The van der Waals surface area contributed by atoms with E-state index in [9.17, 15) is 0 Å². The fraction of sp³-hybridized carbons (Fsp3) is 0.750. The Kier molecular flexibility index (Phi) is 5.95. The summed E-state index contributed by atoms with van der Waals surface area (Å²) in [5, 5.41) is 3.79. The van der Waals surface area contributed by atoms with Gasteiger partial charge in [0, 0.05) is 6.04 Å². The van der Waals surface area contributed by atoms with E-state index < -0.39 is 0 Å². The third-order valence-corrected chi connectivity index (χ3v) is 4.33. The van der Waals surface area contributed by atoms with Crippen LogP contribution in [-0.4, -0.2) is 19.1 Å². The lowest BCUT2D eigenvalue weighted by Crippen LogP contribution is -2.40.